The summed E-state index contributed by atoms with van der Waals surface area (Å²) in [5.41, 5.74) is 7.43. The van der Waals surface area contributed by atoms with Gasteiger partial charge in [0, 0.05) is 11.4 Å². The molecule has 2 N–H and O–H groups in total. The average molecular weight is 301 g/mol. The lowest BCUT2D eigenvalue weighted by molar-refractivity contribution is 0.899. The number of rotatable bonds is 2. The maximum Gasteiger partial charge on any atom is 0.194 e. The summed E-state index contributed by atoms with van der Waals surface area (Å²) < 4.78 is 0. The molecule has 0 spiro atoms. The zero-order valence-electron chi connectivity index (χ0n) is 9.74. The first-order valence-corrected chi connectivity index (χ1v) is 6.64. The molecule has 94 valence electrons. The molecule has 0 saturated heterocycles. The minimum Gasteiger partial charge on any atom is -0.382 e. The van der Waals surface area contributed by atoms with Crippen LogP contribution in [0.5, 0.6) is 0 Å². The highest BCUT2D eigenvalue weighted by atomic mass is 35.5. The van der Waals surface area contributed by atoms with Crippen molar-refractivity contribution in [2.24, 2.45) is 0 Å². The van der Waals surface area contributed by atoms with Crippen molar-refractivity contribution in [1.29, 1.82) is 0 Å². The van der Waals surface area contributed by atoms with Crippen molar-refractivity contribution < 1.29 is 0 Å². The largest absolute Gasteiger partial charge is 0.382 e. The molecular weight excluding hydrogens is 291 g/mol. The Morgan fingerprint density at radius 3 is 2.22 bits per heavy atom. The van der Waals surface area contributed by atoms with Gasteiger partial charge in [-0.3, -0.25) is 0 Å². The lowest BCUT2D eigenvalue weighted by Crippen LogP contribution is -1.96. The Kier molecular flexibility index (Phi) is 3.94. The van der Waals surface area contributed by atoms with Crippen LogP contribution in [-0.4, -0.2) is 15.0 Å². The summed E-state index contributed by atoms with van der Waals surface area (Å²) in [5, 5.41) is 1.90. The van der Waals surface area contributed by atoms with E-state index in [1.54, 1.807) is 6.07 Å². The summed E-state index contributed by atoms with van der Waals surface area (Å²) in [6.45, 7) is 3.81. The molecule has 2 aromatic rings. The first-order chi connectivity index (χ1) is 8.45. The summed E-state index contributed by atoms with van der Waals surface area (Å²) in [6.07, 6.45) is 0. The van der Waals surface area contributed by atoms with E-state index < -0.39 is 0 Å². The zero-order valence-corrected chi connectivity index (χ0v) is 12.1. The normalized spacial score (nSPS) is 10.7. The second kappa shape index (κ2) is 5.30. The molecule has 0 saturated carbocycles. The third-order valence-corrected chi connectivity index (χ3v) is 3.65. The Bertz CT molecular complexity index is 584. The Labute approximate surface area is 119 Å². The number of halogens is 2. The van der Waals surface area contributed by atoms with Crippen LogP contribution in [0, 0.1) is 13.8 Å². The Morgan fingerprint density at radius 1 is 1.00 bits per heavy atom. The number of nitrogen functional groups attached to an aromatic ring is 1. The molecule has 0 aliphatic carbocycles. The van der Waals surface area contributed by atoms with E-state index in [2.05, 4.69) is 15.0 Å². The zero-order chi connectivity index (χ0) is 13.3. The number of aromatic nitrogens is 3. The molecule has 4 nitrogen and oxygen atoms in total. The Hall–Kier alpha value is -1.04. The fourth-order valence-corrected chi connectivity index (χ4v) is 2.69. The van der Waals surface area contributed by atoms with Gasteiger partial charge in [-0.1, -0.05) is 23.2 Å². The second-order valence-electron chi connectivity index (χ2n) is 3.68. The van der Waals surface area contributed by atoms with Crippen molar-refractivity contribution in [1.82, 2.24) is 15.0 Å². The standard InChI is InChI=1S/C11H10Cl2N4S/c1-5-3-6(2)16-11(15-5)18-10-8(13)4-7(12)9(14)17-10/h3-4H,1-2H3,(H2,14,17). The monoisotopic (exact) mass is 300 g/mol. The molecule has 0 aromatic carbocycles. The van der Waals surface area contributed by atoms with Crippen LogP contribution < -0.4 is 5.73 Å². The van der Waals surface area contributed by atoms with Gasteiger partial charge in [0.15, 0.2) is 5.16 Å². The summed E-state index contributed by atoms with van der Waals surface area (Å²) in [6, 6.07) is 3.46. The van der Waals surface area contributed by atoms with Gasteiger partial charge in [0.25, 0.3) is 0 Å². The van der Waals surface area contributed by atoms with Crippen LogP contribution in [0.4, 0.5) is 5.82 Å². The highest BCUT2D eigenvalue weighted by Gasteiger charge is 2.11. The van der Waals surface area contributed by atoms with E-state index in [9.17, 15) is 0 Å². The molecule has 2 aromatic heterocycles. The highest BCUT2D eigenvalue weighted by molar-refractivity contribution is 7.99. The van der Waals surface area contributed by atoms with Gasteiger partial charge in [-0.05, 0) is 37.7 Å². The molecular formula is C11H10Cl2N4S. The Balaban J connectivity index is 2.36. The number of pyridine rings is 1. The number of nitrogens with zero attached hydrogens (tertiary/aromatic N) is 3. The predicted octanol–water partition coefficient (Wildman–Crippen LogP) is 3.53. The fraction of sp³-hybridized carbons (Fsp3) is 0.182. The van der Waals surface area contributed by atoms with Crippen LogP contribution in [0.2, 0.25) is 10.0 Å². The minimum atomic E-state index is 0.243. The van der Waals surface area contributed by atoms with Crippen molar-refractivity contribution in [2.75, 3.05) is 5.73 Å². The third-order valence-electron chi connectivity index (χ3n) is 2.07. The van der Waals surface area contributed by atoms with E-state index in [4.69, 9.17) is 28.9 Å². The molecule has 0 unspecified atom stereocenters. The molecule has 0 amide bonds. The van der Waals surface area contributed by atoms with Gasteiger partial charge in [-0.25, -0.2) is 15.0 Å². The first kappa shape index (κ1) is 13.4. The van der Waals surface area contributed by atoms with Gasteiger partial charge in [0.1, 0.15) is 10.8 Å². The van der Waals surface area contributed by atoms with Gasteiger partial charge in [0.05, 0.1) is 10.0 Å². The quantitative estimate of drug-likeness (QED) is 0.860. The third kappa shape index (κ3) is 3.04. The molecule has 0 aliphatic rings. The first-order valence-electron chi connectivity index (χ1n) is 5.07. The van der Waals surface area contributed by atoms with Crippen LogP contribution in [-0.2, 0) is 0 Å². The van der Waals surface area contributed by atoms with Crippen molar-refractivity contribution >= 4 is 40.8 Å². The van der Waals surface area contributed by atoms with E-state index in [0.717, 1.165) is 11.4 Å². The van der Waals surface area contributed by atoms with E-state index >= 15 is 0 Å². The number of hydrogen-bond acceptors (Lipinski definition) is 5. The summed E-state index contributed by atoms with van der Waals surface area (Å²) >= 11 is 13.1. The number of aryl methyl sites for hydroxylation is 2. The van der Waals surface area contributed by atoms with Crippen LogP contribution in [0.3, 0.4) is 0 Å². The lowest BCUT2D eigenvalue weighted by atomic mass is 10.4. The van der Waals surface area contributed by atoms with Crippen LogP contribution in [0.25, 0.3) is 0 Å². The van der Waals surface area contributed by atoms with Crippen LogP contribution >= 0.6 is 35.0 Å². The molecule has 0 aliphatic heterocycles. The molecule has 0 radical (unpaired) electrons. The van der Waals surface area contributed by atoms with E-state index in [0.29, 0.717) is 20.2 Å². The number of hydrogen-bond donors (Lipinski definition) is 1. The molecule has 7 heteroatoms. The number of anilines is 1. The van der Waals surface area contributed by atoms with Crippen LogP contribution in [0.15, 0.2) is 22.3 Å². The van der Waals surface area contributed by atoms with Crippen molar-refractivity contribution in [2.45, 2.75) is 24.0 Å². The fourth-order valence-electron chi connectivity index (χ4n) is 1.36. The van der Waals surface area contributed by atoms with Gasteiger partial charge < -0.3 is 5.73 Å². The molecule has 2 heterocycles. The van der Waals surface area contributed by atoms with Crippen molar-refractivity contribution in [3.8, 4) is 0 Å². The van der Waals surface area contributed by atoms with Gasteiger partial charge in [-0.15, -0.1) is 0 Å². The summed E-state index contributed by atoms with van der Waals surface area (Å²) in [5.74, 6) is 0.243. The van der Waals surface area contributed by atoms with E-state index in [-0.39, 0.29) is 5.82 Å². The van der Waals surface area contributed by atoms with Gasteiger partial charge in [-0.2, -0.15) is 0 Å². The van der Waals surface area contributed by atoms with Crippen molar-refractivity contribution in [3.05, 3.63) is 33.6 Å². The van der Waals surface area contributed by atoms with Crippen molar-refractivity contribution in [3.63, 3.8) is 0 Å². The van der Waals surface area contributed by atoms with Gasteiger partial charge >= 0.3 is 0 Å². The van der Waals surface area contributed by atoms with E-state index in [1.807, 2.05) is 19.9 Å². The summed E-state index contributed by atoms with van der Waals surface area (Å²) in [4.78, 5) is 12.7. The van der Waals surface area contributed by atoms with Crippen LogP contribution in [0.1, 0.15) is 11.4 Å². The van der Waals surface area contributed by atoms with E-state index in [1.165, 1.54) is 11.8 Å². The Morgan fingerprint density at radius 2 is 1.61 bits per heavy atom. The lowest BCUT2D eigenvalue weighted by Gasteiger charge is -2.06. The molecule has 2 rings (SSSR count). The molecule has 0 fully saturated rings. The SMILES string of the molecule is Cc1cc(C)nc(Sc2nc(N)c(Cl)cc2Cl)n1. The maximum atomic E-state index is 6.05. The summed E-state index contributed by atoms with van der Waals surface area (Å²) in [7, 11) is 0. The number of nitrogens with two attached hydrogens (primary N) is 1. The molecule has 18 heavy (non-hydrogen) atoms. The predicted molar refractivity (Wildman–Crippen MR) is 74.3 cm³/mol. The average Bonchev–Trinajstić information content (AvgIpc) is 2.24. The topological polar surface area (TPSA) is 64.7 Å². The smallest absolute Gasteiger partial charge is 0.194 e. The second-order valence-corrected chi connectivity index (χ2v) is 5.45. The molecule has 0 bridgehead atoms. The van der Waals surface area contributed by atoms with Gasteiger partial charge in [0.2, 0.25) is 0 Å². The minimum absolute atomic E-state index is 0.243. The molecule has 0 atom stereocenters. The maximum absolute atomic E-state index is 6.05. The highest BCUT2D eigenvalue weighted by Crippen LogP contribution is 2.33.